The van der Waals surface area contributed by atoms with E-state index in [4.69, 9.17) is 9.47 Å². The Labute approximate surface area is 221 Å². The molecule has 0 unspecified atom stereocenters. The number of benzene rings is 4. The molecule has 4 aromatic carbocycles. The number of nitrogens with zero attached hydrogens (tertiary/aromatic N) is 1. The van der Waals surface area contributed by atoms with Gasteiger partial charge in [-0.1, -0.05) is 78.9 Å². The molecule has 1 aromatic heterocycles. The van der Waals surface area contributed by atoms with Crippen LogP contribution in [0.5, 0.6) is 23.3 Å². The Morgan fingerprint density at radius 2 is 0.789 bits per heavy atom. The molecule has 0 N–H and O–H groups in total. The van der Waals surface area contributed by atoms with Gasteiger partial charge in [0.25, 0.3) is 0 Å². The van der Waals surface area contributed by atoms with Gasteiger partial charge in [0.05, 0.1) is 0 Å². The van der Waals surface area contributed by atoms with Crippen molar-refractivity contribution in [2.24, 2.45) is 0 Å². The van der Waals surface area contributed by atoms with Gasteiger partial charge in [-0.3, -0.25) is 9.59 Å². The Balaban J connectivity index is 1.23. The number of hydrogen-bond acceptors (Lipinski definition) is 5. The van der Waals surface area contributed by atoms with Gasteiger partial charge in [-0.2, -0.15) is 4.98 Å². The van der Waals surface area contributed by atoms with Gasteiger partial charge in [0.1, 0.15) is 11.5 Å². The van der Waals surface area contributed by atoms with E-state index < -0.39 is 0 Å². The molecule has 0 amide bonds. The molecule has 5 nitrogen and oxygen atoms in total. The number of aromatic nitrogens is 1. The predicted molar refractivity (Wildman–Crippen MR) is 148 cm³/mol. The van der Waals surface area contributed by atoms with Gasteiger partial charge in [0.15, 0.2) is 11.6 Å². The SMILES string of the molecule is CC(=O)c1ccc(-c2ccc(Oc3cccc(Oc4ccc(-c5ccc(C(C)=O)cc5)cc4)n3)cc2)cc1. The molecule has 5 aromatic rings. The van der Waals surface area contributed by atoms with Crippen LogP contribution in [0.2, 0.25) is 0 Å². The van der Waals surface area contributed by atoms with Gasteiger partial charge in [0.2, 0.25) is 11.8 Å². The standard InChI is InChI=1S/C33H25NO4/c1-22(35)24-6-10-26(11-7-24)28-14-18-30(19-15-28)37-32-4-3-5-33(34-32)38-31-20-16-29(17-21-31)27-12-8-25(9-13-27)23(2)36/h3-21H,1-2H3. The highest BCUT2D eigenvalue weighted by molar-refractivity contribution is 5.95. The summed E-state index contributed by atoms with van der Waals surface area (Å²) in [6.07, 6.45) is 0. The lowest BCUT2D eigenvalue weighted by molar-refractivity contribution is 0.100. The summed E-state index contributed by atoms with van der Waals surface area (Å²) in [4.78, 5) is 27.5. The second-order valence-electron chi connectivity index (χ2n) is 8.83. The minimum atomic E-state index is 0.0494. The molecule has 5 rings (SSSR count). The van der Waals surface area contributed by atoms with Crippen LogP contribution in [0, 0.1) is 0 Å². The van der Waals surface area contributed by atoms with Gasteiger partial charge < -0.3 is 9.47 Å². The van der Waals surface area contributed by atoms with Crippen LogP contribution < -0.4 is 9.47 Å². The summed E-state index contributed by atoms with van der Waals surface area (Å²) in [5, 5.41) is 0. The Bertz CT molecular complexity index is 1450. The second kappa shape index (κ2) is 10.9. The van der Waals surface area contributed by atoms with Gasteiger partial charge in [0, 0.05) is 23.3 Å². The molecular weight excluding hydrogens is 474 g/mol. The second-order valence-corrected chi connectivity index (χ2v) is 8.83. The molecular formula is C33H25NO4. The monoisotopic (exact) mass is 499 g/mol. The lowest BCUT2D eigenvalue weighted by Gasteiger charge is -2.09. The molecule has 0 saturated carbocycles. The van der Waals surface area contributed by atoms with Crippen molar-refractivity contribution in [2.45, 2.75) is 13.8 Å². The molecule has 0 bridgehead atoms. The summed E-state index contributed by atoms with van der Waals surface area (Å²) >= 11 is 0. The van der Waals surface area contributed by atoms with Crippen LogP contribution >= 0.6 is 0 Å². The Kier molecular flexibility index (Phi) is 7.09. The van der Waals surface area contributed by atoms with Crippen molar-refractivity contribution in [1.82, 2.24) is 4.98 Å². The van der Waals surface area contributed by atoms with Crippen molar-refractivity contribution in [3.8, 4) is 45.5 Å². The maximum atomic E-state index is 11.5. The highest BCUT2D eigenvalue weighted by Crippen LogP contribution is 2.29. The molecule has 38 heavy (non-hydrogen) atoms. The third-order valence-electron chi connectivity index (χ3n) is 6.10. The lowest BCUT2D eigenvalue weighted by atomic mass is 10.0. The first-order chi connectivity index (χ1) is 18.4. The van der Waals surface area contributed by atoms with Crippen molar-refractivity contribution in [3.63, 3.8) is 0 Å². The number of hydrogen-bond donors (Lipinski definition) is 0. The van der Waals surface area contributed by atoms with Crippen LogP contribution in [-0.2, 0) is 0 Å². The van der Waals surface area contributed by atoms with Gasteiger partial charge >= 0.3 is 0 Å². The fraction of sp³-hybridized carbons (Fsp3) is 0.0606. The summed E-state index contributed by atoms with van der Waals surface area (Å²) < 4.78 is 11.9. The number of rotatable bonds is 8. The maximum Gasteiger partial charge on any atom is 0.222 e. The van der Waals surface area contributed by atoms with Crippen LogP contribution in [0.1, 0.15) is 34.6 Å². The Hall–Kier alpha value is -5.03. The number of ether oxygens (including phenoxy) is 2. The third kappa shape index (κ3) is 5.85. The summed E-state index contributed by atoms with van der Waals surface area (Å²) in [6.45, 7) is 3.12. The minimum Gasteiger partial charge on any atom is -0.439 e. The number of pyridine rings is 1. The van der Waals surface area contributed by atoms with E-state index in [1.54, 1.807) is 26.0 Å². The zero-order valence-electron chi connectivity index (χ0n) is 21.0. The fourth-order valence-electron chi connectivity index (χ4n) is 3.98. The predicted octanol–water partition coefficient (Wildman–Crippen LogP) is 8.41. The van der Waals surface area contributed by atoms with E-state index in [2.05, 4.69) is 4.98 Å². The normalized spacial score (nSPS) is 10.6. The van der Waals surface area contributed by atoms with Crippen molar-refractivity contribution >= 4 is 11.6 Å². The van der Waals surface area contributed by atoms with Crippen LogP contribution in [0.25, 0.3) is 22.3 Å². The van der Waals surface area contributed by atoms with E-state index in [1.807, 2.05) is 103 Å². The molecule has 0 fully saturated rings. The van der Waals surface area contributed by atoms with Crippen molar-refractivity contribution in [1.29, 1.82) is 0 Å². The maximum absolute atomic E-state index is 11.5. The van der Waals surface area contributed by atoms with Gasteiger partial charge in [-0.25, -0.2) is 0 Å². The molecule has 0 spiro atoms. The van der Waals surface area contributed by atoms with Crippen LogP contribution in [0.3, 0.4) is 0 Å². The highest BCUT2D eigenvalue weighted by Gasteiger charge is 2.07. The quantitative estimate of drug-likeness (QED) is 0.201. The fourth-order valence-corrected chi connectivity index (χ4v) is 3.98. The van der Waals surface area contributed by atoms with E-state index >= 15 is 0 Å². The third-order valence-corrected chi connectivity index (χ3v) is 6.10. The van der Waals surface area contributed by atoms with E-state index in [-0.39, 0.29) is 11.6 Å². The summed E-state index contributed by atoms with van der Waals surface area (Å²) in [5.41, 5.74) is 5.48. The zero-order chi connectivity index (χ0) is 26.5. The Morgan fingerprint density at radius 1 is 0.474 bits per heavy atom. The smallest absolute Gasteiger partial charge is 0.222 e. The number of carbonyl (C=O) groups excluding carboxylic acids is 2. The first-order valence-electron chi connectivity index (χ1n) is 12.2. The molecule has 5 heteroatoms. The van der Waals surface area contributed by atoms with Gasteiger partial charge in [-0.05, 0) is 60.4 Å². The molecule has 0 aliphatic rings. The van der Waals surface area contributed by atoms with E-state index in [1.165, 1.54) is 0 Å². The molecule has 0 atom stereocenters. The van der Waals surface area contributed by atoms with E-state index in [9.17, 15) is 9.59 Å². The average molecular weight is 500 g/mol. The number of carbonyl (C=O) groups is 2. The summed E-state index contributed by atoms with van der Waals surface area (Å²) in [6, 6.07) is 35.8. The molecule has 1 heterocycles. The molecule has 0 aliphatic heterocycles. The lowest BCUT2D eigenvalue weighted by Crippen LogP contribution is -1.92. The highest BCUT2D eigenvalue weighted by atomic mass is 16.5. The van der Waals surface area contributed by atoms with Crippen molar-refractivity contribution in [3.05, 3.63) is 126 Å². The van der Waals surface area contributed by atoms with Crippen LogP contribution in [-0.4, -0.2) is 16.6 Å². The molecule has 0 radical (unpaired) electrons. The average Bonchev–Trinajstić information content (AvgIpc) is 2.94. The first kappa shape index (κ1) is 24.7. The molecule has 0 saturated heterocycles. The molecule has 0 aliphatic carbocycles. The minimum absolute atomic E-state index is 0.0494. The molecule has 186 valence electrons. The summed E-state index contributed by atoms with van der Waals surface area (Å²) in [7, 11) is 0. The van der Waals surface area contributed by atoms with Crippen LogP contribution in [0.4, 0.5) is 0 Å². The van der Waals surface area contributed by atoms with Crippen LogP contribution in [0.15, 0.2) is 115 Å². The zero-order valence-corrected chi connectivity index (χ0v) is 21.0. The largest absolute Gasteiger partial charge is 0.439 e. The summed E-state index contributed by atoms with van der Waals surface area (Å²) in [5.74, 6) is 2.24. The van der Waals surface area contributed by atoms with Crippen molar-refractivity contribution in [2.75, 3.05) is 0 Å². The van der Waals surface area contributed by atoms with E-state index in [0.29, 0.717) is 34.4 Å². The van der Waals surface area contributed by atoms with Gasteiger partial charge in [-0.15, -0.1) is 0 Å². The first-order valence-corrected chi connectivity index (χ1v) is 12.2. The topological polar surface area (TPSA) is 65.5 Å². The van der Waals surface area contributed by atoms with Crippen molar-refractivity contribution < 1.29 is 19.1 Å². The number of ketones is 2. The number of Topliss-reactive ketones (excluding diaryl/α,β-unsaturated/α-hetero) is 2. The Morgan fingerprint density at radius 3 is 1.11 bits per heavy atom. The van der Waals surface area contributed by atoms with E-state index in [0.717, 1.165) is 22.3 Å².